The molecule has 1 heterocycles. The second-order valence-electron chi connectivity index (χ2n) is 4.72. The van der Waals surface area contributed by atoms with Gasteiger partial charge in [0.05, 0.1) is 0 Å². The van der Waals surface area contributed by atoms with Crippen LogP contribution in [0, 0.1) is 0 Å². The lowest BCUT2D eigenvalue weighted by atomic mass is 10.3. The van der Waals surface area contributed by atoms with E-state index >= 15 is 0 Å². The SMILES string of the molecule is C=C/C=C(\C)Nc1nccc(N(C)C(/C=C\C=C/C)=C/C=C)n1.CC.CC. The smallest absolute Gasteiger partial charge is 0.228 e. The lowest BCUT2D eigenvalue weighted by molar-refractivity contribution is 1.04. The van der Waals surface area contributed by atoms with Gasteiger partial charge in [0.2, 0.25) is 5.95 Å². The molecule has 0 saturated carbocycles. The number of likely N-dealkylation sites (N-methyl/N-ethyl adjacent to an activating group) is 1. The minimum absolute atomic E-state index is 0.542. The van der Waals surface area contributed by atoms with Crippen LogP contribution in [-0.2, 0) is 0 Å². The summed E-state index contributed by atoms with van der Waals surface area (Å²) in [7, 11) is 1.95. The molecule has 27 heavy (non-hydrogen) atoms. The summed E-state index contributed by atoms with van der Waals surface area (Å²) in [5.74, 6) is 1.33. The molecule has 0 spiro atoms. The van der Waals surface area contributed by atoms with Gasteiger partial charge in [-0.15, -0.1) is 0 Å². The van der Waals surface area contributed by atoms with Gasteiger partial charge >= 0.3 is 0 Å². The Balaban J connectivity index is 0. The molecule has 1 aromatic heterocycles. The van der Waals surface area contributed by atoms with E-state index in [-0.39, 0.29) is 0 Å². The van der Waals surface area contributed by atoms with Crippen molar-refractivity contribution in [2.45, 2.75) is 41.5 Å². The molecule has 0 saturated heterocycles. The van der Waals surface area contributed by atoms with Crippen LogP contribution < -0.4 is 10.2 Å². The van der Waals surface area contributed by atoms with Gasteiger partial charge in [-0.1, -0.05) is 71.2 Å². The fraction of sp³-hybridized carbons (Fsp3) is 0.304. The van der Waals surface area contributed by atoms with Crippen molar-refractivity contribution in [1.82, 2.24) is 9.97 Å². The Kier molecular flexibility index (Phi) is 17.5. The van der Waals surface area contributed by atoms with E-state index in [1.807, 2.05) is 96.0 Å². The van der Waals surface area contributed by atoms with Gasteiger partial charge in [0.1, 0.15) is 5.82 Å². The molecule has 1 N–H and O–H groups in total. The molecule has 1 rings (SSSR count). The first kappa shape index (κ1) is 26.4. The third-order valence-electron chi connectivity index (χ3n) is 2.91. The normalized spacial score (nSPS) is 11.2. The van der Waals surface area contributed by atoms with Crippen molar-refractivity contribution >= 4 is 11.8 Å². The van der Waals surface area contributed by atoms with E-state index in [1.165, 1.54) is 0 Å². The monoisotopic (exact) mass is 368 g/mol. The fourth-order valence-electron chi connectivity index (χ4n) is 1.79. The van der Waals surface area contributed by atoms with Crippen LogP contribution in [0.2, 0.25) is 0 Å². The molecule has 0 aliphatic heterocycles. The Hall–Kier alpha value is -2.88. The quantitative estimate of drug-likeness (QED) is 0.520. The number of hydrogen-bond donors (Lipinski definition) is 1. The first-order valence-corrected chi connectivity index (χ1v) is 9.37. The molecule has 0 bridgehead atoms. The molecule has 0 amide bonds. The highest BCUT2D eigenvalue weighted by Crippen LogP contribution is 2.17. The van der Waals surface area contributed by atoms with Crippen molar-refractivity contribution in [3.05, 3.63) is 85.4 Å². The Bertz CT molecular complexity index is 652. The van der Waals surface area contributed by atoms with E-state index in [4.69, 9.17) is 0 Å². The lowest BCUT2D eigenvalue weighted by Gasteiger charge is -2.19. The molecule has 0 radical (unpaired) electrons. The summed E-state index contributed by atoms with van der Waals surface area (Å²) in [5, 5.41) is 3.13. The number of hydrogen-bond acceptors (Lipinski definition) is 4. The van der Waals surface area contributed by atoms with Gasteiger partial charge in [-0.2, -0.15) is 4.98 Å². The van der Waals surface area contributed by atoms with Crippen molar-refractivity contribution in [2.24, 2.45) is 0 Å². The number of nitrogens with one attached hydrogen (secondary N) is 1. The van der Waals surface area contributed by atoms with Gasteiger partial charge in [0.15, 0.2) is 0 Å². The lowest BCUT2D eigenvalue weighted by Crippen LogP contribution is -2.17. The highest BCUT2D eigenvalue weighted by atomic mass is 15.2. The van der Waals surface area contributed by atoms with Gasteiger partial charge in [0.25, 0.3) is 0 Å². The van der Waals surface area contributed by atoms with Crippen LogP contribution in [0.15, 0.2) is 85.4 Å². The summed E-state index contributed by atoms with van der Waals surface area (Å²) in [4.78, 5) is 10.7. The van der Waals surface area contributed by atoms with Crippen LogP contribution >= 0.6 is 0 Å². The zero-order valence-corrected chi connectivity index (χ0v) is 18.0. The molecule has 0 unspecified atom stereocenters. The van der Waals surface area contributed by atoms with Crippen LogP contribution in [0.25, 0.3) is 0 Å². The van der Waals surface area contributed by atoms with Crippen LogP contribution in [0.4, 0.5) is 11.8 Å². The molecule has 0 aromatic carbocycles. The summed E-state index contributed by atoms with van der Waals surface area (Å²) in [6.45, 7) is 19.4. The molecule has 0 fully saturated rings. The molecule has 148 valence electrons. The minimum Gasteiger partial charge on any atom is -0.329 e. The molecule has 4 nitrogen and oxygen atoms in total. The maximum Gasteiger partial charge on any atom is 0.228 e. The van der Waals surface area contributed by atoms with Gasteiger partial charge < -0.3 is 10.2 Å². The predicted octanol–water partition coefficient (Wildman–Crippen LogP) is 6.67. The van der Waals surface area contributed by atoms with Gasteiger partial charge in [-0.05, 0) is 38.1 Å². The summed E-state index contributed by atoms with van der Waals surface area (Å²) in [6.07, 6.45) is 16.9. The number of allylic oxidation sites excluding steroid dienone is 9. The van der Waals surface area contributed by atoms with E-state index in [1.54, 1.807) is 18.3 Å². The average molecular weight is 369 g/mol. The summed E-state index contributed by atoms with van der Waals surface area (Å²) < 4.78 is 0. The second kappa shape index (κ2) is 17.9. The number of rotatable bonds is 8. The fourth-order valence-corrected chi connectivity index (χ4v) is 1.79. The Morgan fingerprint density at radius 3 is 2.26 bits per heavy atom. The topological polar surface area (TPSA) is 41.1 Å². The minimum atomic E-state index is 0.542. The van der Waals surface area contributed by atoms with Crippen molar-refractivity contribution in [2.75, 3.05) is 17.3 Å². The molecule has 0 aliphatic carbocycles. The molecule has 0 atom stereocenters. The van der Waals surface area contributed by atoms with Gasteiger partial charge in [0, 0.05) is 24.6 Å². The van der Waals surface area contributed by atoms with Crippen molar-refractivity contribution < 1.29 is 0 Å². The zero-order chi connectivity index (χ0) is 21.1. The standard InChI is InChI=1S/C19H24N4.2C2H6/c1-6-9-10-13-17(12-8-3)23(5)18-14-15-20-19(22-18)21-16(4)11-7-2;2*1-2/h6-15H,2-3H2,1,4-5H3,(H,20,21,22);2*1-2H3/b9-6-,13-10-,16-11+,17-12+;;. The third kappa shape index (κ3) is 11.4. The van der Waals surface area contributed by atoms with E-state index in [9.17, 15) is 0 Å². The summed E-state index contributed by atoms with van der Waals surface area (Å²) in [5.41, 5.74) is 1.90. The van der Waals surface area contributed by atoms with Crippen LogP contribution in [0.1, 0.15) is 41.5 Å². The van der Waals surface area contributed by atoms with Crippen LogP contribution in [0.5, 0.6) is 0 Å². The predicted molar refractivity (Wildman–Crippen MR) is 123 cm³/mol. The third-order valence-corrected chi connectivity index (χ3v) is 2.91. The maximum atomic E-state index is 4.53. The van der Waals surface area contributed by atoms with Crippen LogP contribution in [-0.4, -0.2) is 17.0 Å². The Morgan fingerprint density at radius 2 is 1.70 bits per heavy atom. The Labute approximate surface area is 166 Å². The summed E-state index contributed by atoms with van der Waals surface area (Å²) >= 11 is 0. The molecular weight excluding hydrogens is 332 g/mol. The first-order valence-electron chi connectivity index (χ1n) is 9.37. The van der Waals surface area contributed by atoms with Crippen molar-refractivity contribution in [3.8, 4) is 0 Å². The maximum absolute atomic E-state index is 4.53. The van der Waals surface area contributed by atoms with E-state index in [0.29, 0.717) is 5.95 Å². The zero-order valence-electron chi connectivity index (χ0n) is 18.0. The number of anilines is 2. The molecule has 1 aromatic rings. The average Bonchev–Trinajstić information content (AvgIpc) is 2.70. The van der Waals surface area contributed by atoms with Gasteiger partial charge in [-0.3, -0.25) is 0 Å². The molecule has 4 heteroatoms. The largest absolute Gasteiger partial charge is 0.329 e. The molecular formula is C23H36N4. The summed E-state index contributed by atoms with van der Waals surface area (Å²) in [6, 6.07) is 1.86. The second-order valence-corrected chi connectivity index (χ2v) is 4.72. The van der Waals surface area contributed by atoms with E-state index in [2.05, 4.69) is 28.4 Å². The van der Waals surface area contributed by atoms with Crippen LogP contribution in [0.3, 0.4) is 0 Å². The van der Waals surface area contributed by atoms with E-state index < -0.39 is 0 Å². The number of nitrogens with zero attached hydrogens (tertiary/aromatic N) is 3. The van der Waals surface area contributed by atoms with Crippen molar-refractivity contribution in [3.63, 3.8) is 0 Å². The van der Waals surface area contributed by atoms with E-state index in [0.717, 1.165) is 17.2 Å². The highest BCUT2D eigenvalue weighted by Gasteiger charge is 2.07. The van der Waals surface area contributed by atoms with Gasteiger partial charge in [-0.25, -0.2) is 4.98 Å². The van der Waals surface area contributed by atoms with Crippen molar-refractivity contribution in [1.29, 1.82) is 0 Å². The number of aromatic nitrogens is 2. The Morgan fingerprint density at radius 1 is 1.07 bits per heavy atom. The molecule has 0 aliphatic rings. The first-order chi connectivity index (χ1) is 13.1. The highest BCUT2D eigenvalue weighted by molar-refractivity contribution is 5.52.